The lowest BCUT2D eigenvalue weighted by atomic mass is 10.2. The molecular weight excluding hydrogens is 258 g/mol. The highest BCUT2D eigenvalue weighted by atomic mass is 16.5. The normalized spacial score (nSPS) is 11.7. The van der Waals surface area contributed by atoms with Gasteiger partial charge in [0.1, 0.15) is 6.54 Å². The summed E-state index contributed by atoms with van der Waals surface area (Å²) >= 11 is 0. The Morgan fingerprint density at radius 3 is 2.45 bits per heavy atom. The Kier molecular flexibility index (Phi) is 7.35. The standard InChI is InChI=1S/C15H21NO4/c1-3-20-14(17)9-10-16(12-15(18)19-2)11-13-7-5-4-6-8-13/h4-8H,3,9-12H2,1-2H3/p+1. The molecule has 0 aliphatic heterocycles. The minimum atomic E-state index is -0.278. The van der Waals surface area contributed by atoms with E-state index in [4.69, 9.17) is 9.47 Å². The van der Waals surface area contributed by atoms with Crippen LogP contribution in [0.4, 0.5) is 0 Å². The molecule has 1 rings (SSSR count). The van der Waals surface area contributed by atoms with Gasteiger partial charge in [0.15, 0.2) is 6.54 Å². The van der Waals surface area contributed by atoms with Crippen LogP contribution in [-0.4, -0.2) is 38.7 Å². The van der Waals surface area contributed by atoms with E-state index in [1.165, 1.54) is 7.11 Å². The Morgan fingerprint density at radius 2 is 1.85 bits per heavy atom. The fourth-order valence-corrected chi connectivity index (χ4v) is 1.91. The van der Waals surface area contributed by atoms with Crippen LogP contribution in [0.1, 0.15) is 18.9 Å². The second-order valence-corrected chi connectivity index (χ2v) is 4.47. The lowest BCUT2D eigenvalue weighted by Crippen LogP contribution is -3.11. The molecule has 0 bridgehead atoms. The van der Waals surface area contributed by atoms with Gasteiger partial charge in [0.25, 0.3) is 0 Å². The van der Waals surface area contributed by atoms with E-state index in [9.17, 15) is 9.59 Å². The van der Waals surface area contributed by atoms with Crippen molar-refractivity contribution >= 4 is 11.9 Å². The minimum Gasteiger partial charge on any atom is -0.466 e. The van der Waals surface area contributed by atoms with Crippen molar-refractivity contribution in [3.63, 3.8) is 0 Å². The SMILES string of the molecule is CCOC(=O)CC[NH+](CC(=O)OC)Cc1ccccc1. The largest absolute Gasteiger partial charge is 0.466 e. The fraction of sp³-hybridized carbons (Fsp3) is 0.467. The number of benzene rings is 1. The van der Waals surface area contributed by atoms with E-state index in [0.29, 0.717) is 26.1 Å². The van der Waals surface area contributed by atoms with Gasteiger partial charge in [0.05, 0.1) is 26.7 Å². The third-order valence-electron chi connectivity index (χ3n) is 2.91. The number of ether oxygens (including phenoxy) is 2. The molecule has 5 heteroatoms. The van der Waals surface area contributed by atoms with E-state index in [1.54, 1.807) is 6.92 Å². The molecule has 20 heavy (non-hydrogen) atoms. The number of carbonyl (C=O) groups is 2. The second kappa shape index (κ2) is 9.09. The zero-order valence-electron chi connectivity index (χ0n) is 12.1. The maximum Gasteiger partial charge on any atom is 0.361 e. The number of quaternary nitrogens is 1. The summed E-state index contributed by atoms with van der Waals surface area (Å²) in [5.41, 5.74) is 1.12. The molecule has 0 saturated carbocycles. The quantitative estimate of drug-likeness (QED) is 0.691. The monoisotopic (exact) mass is 280 g/mol. The Labute approximate surface area is 119 Å². The fourth-order valence-electron chi connectivity index (χ4n) is 1.91. The first-order valence-electron chi connectivity index (χ1n) is 6.75. The first kappa shape index (κ1) is 16.2. The van der Waals surface area contributed by atoms with Crippen LogP contribution < -0.4 is 4.90 Å². The molecule has 1 aromatic rings. The summed E-state index contributed by atoms with van der Waals surface area (Å²) in [6, 6.07) is 9.86. The molecule has 0 radical (unpaired) electrons. The van der Waals surface area contributed by atoms with Crippen molar-refractivity contribution in [3.05, 3.63) is 35.9 Å². The van der Waals surface area contributed by atoms with Gasteiger partial charge in [-0.15, -0.1) is 0 Å². The summed E-state index contributed by atoms with van der Waals surface area (Å²) in [7, 11) is 1.37. The lowest BCUT2D eigenvalue weighted by molar-refractivity contribution is -0.906. The molecule has 5 nitrogen and oxygen atoms in total. The van der Waals surface area contributed by atoms with Crippen molar-refractivity contribution < 1.29 is 24.0 Å². The predicted octanol–water partition coefficient (Wildman–Crippen LogP) is 0.198. The van der Waals surface area contributed by atoms with Crippen LogP contribution in [0.3, 0.4) is 0 Å². The Bertz CT molecular complexity index is 419. The number of nitrogens with one attached hydrogen (secondary N) is 1. The molecule has 0 fully saturated rings. The van der Waals surface area contributed by atoms with Gasteiger partial charge in [-0.1, -0.05) is 30.3 Å². The highest BCUT2D eigenvalue weighted by Crippen LogP contribution is 1.95. The van der Waals surface area contributed by atoms with Crippen molar-refractivity contribution in [2.45, 2.75) is 19.9 Å². The molecule has 1 atom stereocenters. The van der Waals surface area contributed by atoms with E-state index in [-0.39, 0.29) is 18.5 Å². The maximum atomic E-state index is 11.4. The van der Waals surface area contributed by atoms with Gasteiger partial charge >= 0.3 is 11.9 Å². The second-order valence-electron chi connectivity index (χ2n) is 4.47. The Balaban J connectivity index is 2.55. The van der Waals surface area contributed by atoms with Crippen LogP contribution in [0.5, 0.6) is 0 Å². The van der Waals surface area contributed by atoms with Crippen LogP contribution >= 0.6 is 0 Å². The van der Waals surface area contributed by atoms with Crippen LogP contribution in [0.25, 0.3) is 0 Å². The summed E-state index contributed by atoms with van der Waals surface area (Å²) in [6.07, 6.45) is 0.299. The van der Waals surface area contributed by atoms with Crippen molar-refractivity contribution in [3.8, 4) is 0 Å². The number of rotatable bonds is 8. The smallest absolute Gasteiger partial charge is 0.361 e. The van der Waals surface area contributed by atoms with Crippen LogP contribution in [-0.2, 0) is 25.6 Å². The van der Waals surface area contributed by atoms with Crippen molar-refractivity contribution in [1.29, 1.82) is 0 Å². The van der Waals surface area contributed by atoms with Gasteiger partial charge in [-0.05, 0) is 6.92 Å². The van der Waals surface area contributed by atoms with E-state index in [1.807, 2.05) is 30.3 Å². The summed E-state index contributed by atoms with van der Waals surface area (Å²) in [4.78, 5) is 23.8. The summed E-state index contributed by atoms with van der Waals surface area (Å²) in [5, 5.41) is 0. The van der Waals surface area contributed by atoms with Crippen molar-refractivity contribution in [1.82, 2.24) is 0 Å². The van der Waals surface area contributed by atoms with Crippen molar-refractivity contribution in [2.24, 2.45) is 0 Å². The summed E-state index contributed by atoms with van der Waals surface area (Å²) in [6.45, 7) is 3.62. The van der Waals surface area contributed by atoms with Crippen LogP contribution in [0.15, 0.2) is 30.3 Å². The summed E-state index contributed by atoms with van der Waals surface area (Å²) < 4.78 is 9.60. The number of hydrogen-bond acceptors (Lipinski definition) is 4. The molecule has 1 unspecified atom stereocenters. The molecule has 0 aliphatic rings. The average Bonchev–Trinajstić information content (AvgIpc) is 2.46. The zero-order chi connectivity index (χ0) is 14.8. The first-order chi connectivity index (χ1) is 9.65. The van der Waals surface area contributed by atoms with Gasteiger partial charge < -0.3 is 14.4 Å². The number of hydrogen-bond donors (Lipinski definition) is 1. The van der Waals surface area contributed by atoms with E-state index in [2.05, 4.69) is 0 Å². The molecule has 1 N–H and O–H groups in total. The molecular formula is C15H22NO4+. The van der Waals surface area contributed by atoms with Crippen LogP contribution in [0.2, 0.25) is 0 Å². The Hall–Kier alpha value is -1.88. The lowest BCUT2D eigenvalue weighted by Gasteiger charge is -2.18. The third-order valence-corrected chi connectivity index (χ3v) is 2.91. The number of methoxy groups -OCH3 is 1. The van der Waals surface area contributed by atoms with E-state index < -0.39 is 0 Å². The minimum absolute atomic E-state index is 0.233. The van der Waals surface area contributed by atoms with Gasteiger partial charge in [-0.2, -0.15) is 0 Å². The zero-order valence-corrected chi connectivity index (χ0v) is 12.1. The predicted molar refractivity (Wildman–Crippen MR) is 74.1 cm³/mol. The molecule has 1 aromatic carbocycles. The van der Waals surface area contributed by atoms with Gasteiger partial charge in [-0.3, -0.25) is 4.79 Å². The van der Waals surface area contributed by atoms with Crippen LogP contribution in [0, 0.1) is 0 Å². The third kappa shape index (κ3) is 6.33. The topological polar surface area (TPSA) is 57.0 Å². The number of esters is 2. The van der Waals surface area contributed by atoms with Gasteiger partial charge in [0.2, 0.25) is 0 Å². The van der Waals surface area contributed by atoms with Crippen molar-refractivity contribution in [2.75, 3.05) is 26.8 Å². The average molecular weight is 280 g/mol. The highest BCUT2D eigenvalue weighted by Gasteiger charge is 2.17. The van der Waals surface area contributed by atoms with Gasteiger partial charge in [0, 0.05) is 5.56 Å². The van der Waals surface area contributed by atoms with E-state index in [0.717, 1.165) is 10.5 Å². The number of carbonyl (C=O) groups excluding carboxylic acids is 2. The molecule has 0 spiro atoms. The van der Waals surface area contributed by atoms with E-state index >= 15 is 0 Å². The molecule has 0 aliphatic carbocycles. The molecule has 0 amide bonds. The molecule has 0 saturated heterocycles. The van der Waals surface area contributed by atoms with Gasteiger partial charge in [-0.25, -0.2) is 4.79 Å². The molecule has 0 aromatic heterocycles. The first-order valence-corrected chi connectivity index (χ1v) is 6.75. The highest BCUT2D eigenvalue weighted by molar-refractivity contribution is 5.70. The molecule has 110 valence electrons. The molecule has 0 heterocycles. The summed E-state index contributed by atoms with van der Waals surface area (Å²) in [5.74, 6) is -0.511. The Morgan fingerprint density at radius 1 is 1.15 bits per heavy atom. The maximum absolute atomic E-state index is 11.4.